The highest BCUT2D eigenvalue weighted by molar-refractivity contribution is 7.07. The van der Waals surface area contributed by atoms with Crippen molar-refractivity contribution in [2.75, 3.05) is 6.61 Å². The molecule has 0 N–H and O–H groups in total. The van der Waals surface area contributed by atoms with Crippen LogP contribution in [0.4, 0.5) is 0 Å². The molecule has 0 radical (unpaired) electrons. The Bertz CT molecular complexity index is 870. The lowest BCUT2D eigenvalue weighted by atomic mass is 10.2. The van der Waals surface area contributed by atoms with E-state index in [1.807, 2.05) is 36.4 Å². The zero-order valence-corrected chi connectivity index (χ0v) is 14.9. The van der Waals surface area contributed by atoms with Crippen LogP contribution in [0.2, 0.25) is 0 Å². The van der Waals surface area contributed by atoms with Crippen molar-refractivity contribution in [3.8, 4) is 11.8 Å². The Morgan fingerprint density at radius 2 is 2.00 bits per heavy atom. The van der Waals surface area contributed by atoms with Gasteiger partial charge in [0.1, 0.15) is 10.4 Å². The topological polar surface area (TPSA) is 55.0 Å². The fourth-order valence-electron chi connectivity index (χ4n) is 2.29. The predicted molar refractivity (Wildman–Crippen MR) is 98.5 cm³/mol. The molecule has 126 valence electrons. The van der Waals surface area contributed by atoms with Gasteiger partial charge in [-0.1, -0.05) is 38.3 Å². The molecule has 2 aromatic rings. The fourth-order valence-corrected chi connectivity index (χ4v) is 3.27. The molecule has 0 bridgehead atoms. The number of unbranched alkanes of at least 4 members (excludes halogenated alkanes) is 3. The molecule has 0 saturated heterocycles. The first-order valence-corrected chi connectivity index (χ1v) is 8.97. The summed E-state index contributed by atoms with van der Waals surface area (Å²) in [6.07, 6.45) is 7.97. The van der Waals surface area contributed by atoms with Crippen LogP contribution >= 0.6 is 11.3 Å². The summed E-state index contributed by atoms with van der Waals surface area (Å²) < 4.78 is 8.48. The standard InChI is InChI=1S/C19H22N2O2S/c1-3-4-5-6-13-23-16-9-7-15(8-10-16)14-17-19(22)21(2)18(24-17)11-12-20/h7-11,14H,3-6,13H2,1-2H3/b17-14-,18-11-. The molecule has 0 fully saturated rings. The van der Waals surface area contributed by atoms with Gasteiger partial charge in [0.05, 0.1) is 17.2 Å². The van der Waals surface area contributed by atoms with E-state index in [0.29, 0.717) is 9.20 Å². The molecule has 2 rings (SSSR count). The maximum atomic E-state index is 12.2. The molecule has 4 nitrogen and oxygen atoms in total. The predicted octanol–water partition coefficient (Wildman–Crippen LogP) is 2.54. The van der Waals surface area contributed by atoms with Gasteiger partial charge in [0.2, 0.25) is 0 Å². The number of aromatic nitrogens is 1. The summed E-state index contributed by atoms with van der Waals surface area (Å²) in [4.78, 5) is 12.2. The van der Waals surface area contributed by atoms with Gasteiger partial charge in [-0.3, -0.25) is 4.79 Å². The van der Waals surface area contributed by atoms with Gasteiger partial charge in [0, 0.05) is 13.1 Å². The van der Waals surface area contributed by atoms with Gasteiger partial charge in [0.15, 0.2) is 0 Å². The van der Waals surface area contributed by atoms with E-state index in [0.717, 1.165) is 24.3 Å². The summed E-state index contributed by atoms with van der Waals surface area (Å²) in [5.74, 6) is 0.848. The molecule has 5 heteroatoms. The minimum Gasteiger partial charge on any atom is -0.494 e. The third kappa shape index (κ3) is 4.84. The third-order valence-electron chi connectivity index (χ3n) is 3.69. The van der Waals surface area contributed by atoms with Crippen molar-refractivity contribution in [2.45, 2.75) is 32.6 Å². The SMILES string of the molecule is CCCCCCOc1ccc(/C=c2\s/c(=C\C#N)n(C)c2=O)cc1. The molecule has 1 aromatic heterocycles. The second-order valence-corrected chi connectivity index (χ2v) is 6.63. The van der Waals surface area contributed by atoms with E-state index < -0.39 is 0 Å². The van der Waals surface area contributed by atoms with Crippen LogP contribution < -0.4 is 19.5 Å². The molecule has 0 atom stereocenters. The van der Waals surface area contributed by atoms with E-state index >= 15 is 0 Å². The molecule has 0 aliphatic heterocycles. The normalized spacial score (nSPS) is 12.4. The second kappa shape index (κ2) is 9.09. The van der Waals surface area contributed by atoms with Crippen LogP contribution in [-0.2, 0) is 7.05 Å². The summed E-state index contributed by atoms with van der Waals surface area (Å²) in [6.45, 7) is 2.93. The first-order valence-electron chi connectivity index (χ1n) is 8.16. The van der Waals surface area contributed by atoms with Crippen LogP contribution in [0.15, 0.2) is 29.1 Å². The van der Waals surface area contributed by atoms with Gasteiger partial charge in [-0.25, -0.2) is 0 Å². The zero-order valence-electron chi connectivity index (χ0n) is 14.1. The van der Waals surface area contributed by atoms with Gasteiger partial charge in [-0.2, -0.15) is 5.26 Å². The Hall–Kier alpha value is -2.32. The second-order valence-electron chi connectivity index (χ2n) is 5.56. The van der Waals surface area contributed by atoms with Crippen molar-refractivity contribution in [3.63, 3.8) is 0 Å². The molecule has 0 unspecified atom stereocenters. The first kappa shape index (κ1) is 18.0. The summed E-state index contributed by atoms with van der Waals surface area (Å²) in [5, 5.41) is 8.74. The van der Waals surface area contributed by atoms with Crippen molar-refractivity contribution in [2.24, 2.45) is 7.05 Å². The molecular weight excluding hydrogens is 320 g/mol. The molecular formula is C19H22N2O2S. The minimum absolute atomic E-state index is 0.0854. The Kier molecular flexibility index (Phi) is 6.83. The van der Waals surface area contributed by atoms with Crippen molar-refractivity contribution >= 4 is 23.5 Å². The largest absolute Gasteiger partial charge is 0.494 e. The quantitative estimate of drug-likeness (QED) is 0.727. The average molecular weight is 342 g/mol. The van der Waals surface area contributed by atoms with E-state index in [1.165, 1.54) is 41.2 Å². The molecule has 24 heavy (non-hydrogen) atoms. The van der Waals surface area contributed by atoms with Crippen molar-refractivity contribution < 1.29 is 4.74 Å². The highest BCUT2D eigenvalue weighted by atomic mass is 32.1. The number of benzene rings is 1. The lowest BCUT2D eigenvalue weighted by molar-refractivity contribution is 0.305. The molecule has 0 aliphatic carbocycles. The third-order valence-corrected chi connectivity index (χ3v) is 4.81. The number of ether oxygens (including phenoxy) is 1. The number of nitrogens with zero attached hydrogens (tertiary/aromatic N) is 2. The molecule has 0 amide bonds. The molecule has 0 aliphatic rings. The van der Waals surface area contributed by atoms with E-state index in [9.17, 15) is 4.79 Å². The van der Waals surface area contributed by atoms with Crippen molar-refractivity contribution in [3.05, 3.63) is 49.4 Å². The maximum absolute atomic E-state index is 12.2. The van der Waals surface area contributed by atoms with Crippen LogP contribution in [0, 0.1) is 11.3 Å². The van der Waals surface area contributed by atoms with Crippen LogP contribution in [0.3, 0.4) is 0 Å². The summed E-state index contributed by atoms with van der Waals surface area (Å²) in [7, 11) is 1.68. The van der Waals surface area contributed by atoms with Crippen molar-refractivity contribution in [1.82, 2.24) is 4.57 Å². The monoisotopic (exact) mass is 342 g/mol. The highest BCUT2D eigenvalue weighted by Crippen LogP contribution is 2.13. The van der Waals surface area contributed by atoms with Gasteiger partial charge in [-0.05, 0) is 30.2 Å². The number of hydrogen-bond donors (Lipinski definition) is 0. The van der Waals surface area contributed by atoms with E-state index in [-0.39, 0.29) is 5.56 Å². The Morgan fingerprint density at radius 3 is 2.67 bits per heavy atom. The van der Waals surface area contributed by atoms with Crippen LogP contribution in [0.25, 0.3) is 12.2 Å². The Labute approximate surface area is 145 Å². The number of hydrogen-bond acceptors (Lipinski definition) is 4. The Balaban J connectivity index is 2.09. The smallest absolute Gasteiger partial charge is 0.268 e. The highest BCUT2D eigenvalue weighted by Gasteiger charge is 2.00. The summed E-state index contributed by atoms with van der Waals surface area (Å²) in [5.41, 5.74) is 0.855. The summed E-state index contributed by atoms with van der Waals surface area (Å²) >= 11 is 1.32. The zero-order chi connectivity index (χ0) is 17.4. The molecule has 0 saturated carbocycles. The minimum atomic E-state index is -0.0854. The molecule has 1 aromatic carbocycles. The van der Waals surface area contributed by atoms with Crippen LogP contribution in [0.5, 0.6) is 5.75 Å². The lowest BCUT2D eigenvalue weighted by Gasteiger charge is -2.05. The molecule has 0 spiro atoms. The number of rotatable bonds is 7. The van der Waals surface area contributed by atoms with Crippen molar-refractivity contribution in [1.29, 1.82) is 5.26 Å². The van der Waals surface area contributed by atoms with Gasteiger partial charge in [-0.15, -0.1) is 11.3 Å². The maximum Gasteiger partial charge on any atom is 0.268 e. The molecule has 1 heterocycles. The Morgan fingerprint density at radius 1 is 1.25 bits per heavy atom. The van der Waals surface area contributed by atoms with Gasteiger partial charge < -0.3 is 9.30 Å². The lowest BCUT2D eigenvalue weighted by Crippen LogP contribution is -2.28. The van der Waals surface area contributed by atoms with Gasteiger partial charge >= 0.3 is 0 Å². The summed E-state index contributed by atoms with van der Waals surface area (Å²) in [6, 6.07) is 9.69. The van der Waals surface area contributed by atoms with Gasteiger partial charge in [0.25, 0.3) is 5.56 Å². The van der Waals surface area contributed by atoms with Crippen LogP contribution in [-0.4, -0.2) is 11.2 Å². The average Bonchev–Trinajstić information content (AvgIpc) is 2.85. The van der Waals surface area contributed by atoms with E-state index in [1.54, 1.807) is 7.05 Å². The number of nitriles is 1. The first-order chi connectivity index (χ1) is 11.7. The van der Waals surface area contributed by atoms with Crippen LogP contribution in [0.1, 0.15) is 38.2 Å². The van der Waals surface area contributed by atoms with E-state index in [4.69, 9.17) is 10.00 Å². The number of thiazole rings is 1. The van der Waals surface area contributed by atoms with E-state index in [2.05, 4.69) is 6.92 Å². The fraction of sp³-hybridized carbons (Fsp3) is 0.368.